The third-order valence-corrected chi connectivity index (χ3v) is 4.11. The van der Waals surface area contributed by atoms with E-state index in [2.05, 4.69) is 34.2 Å². The number of nitrogens with zero attached hydrogens (tertiary/aromatic N) is 5. The molecule has 1 N–H and O–H groups in total. The smallest absolute Gasteiger partial charge is 0.180 e. The fourth-order valence-corrected chi connectivity index (χ4v) is 2.84. The quantitative estimate of drug-likeness (QED) is 0.914. The van der Waals surface area contributed by atoms with Gasteiger partial charge in [0.05, 0.1) is 6.20 Å². The molecule has 0 bridgehead atoms. The summed E-state index contributed by atoms with van der Waals surface area (Å²) >= 11 is 0. The maximum atomic E-state index is 4.70. The molecule has 3 rings (SSSR count). The van der Waals surface area contributed by atoms with Gasteiger partial charge in [-0.05, 0) is 26.9 Å². The minimum Gasteiger partial charge on any atom is -0.372 e. The van der Waals surface area contributed by atoms with Gasteiger partial charge in [-0.25, -0.2) is 9.97 Å². The van der Waals surface area contributed by atoms with E-state index in [4.69, 9.17) is 4.98 Å². The highest BCUT2D eigenvalue weighted by Crippen LogP contribution is 2.24. The number of hydrogen-bond acceptors (Lipinski definition) is 5. The molecule has 3 heterocycles. The minimum atomic E-state index is 0.675. The van der Waals surface area contributed by atoms with E-state index < -0.39 is 0 Å². The molecule has 2 aromatic heterocycles. The molecular formula is C14H22N6. The topological polar surface area (TPSA) is 48.7 Å². The molecule has 1 aliphatic heterocycles. The molecule has 0 amide bonds. The van der Waals surface area contributed by atoms with Crippen molar-refractivity contribution in [2.24, 2.45) is 0 Å². The lowest BCUT2D eigenvalue weighted by Crippen LogP contribution is -2.42. The highest BCUT2D eigenvalue weighted by Gasteiger charge is 2.23. The molecule has 0 aliphatic carbocycles. The zero-order valence-electron chi connectivity index (χ0n) is 12.4. The number of rotatable bonds is 3. The minimum absolute atomic E-state index is 0.675. The Balaban J connectivity index is 1.88. The number of fused-ring (bicyclic) bond motifs is 1. The van der Waals surface area contributed by atoms with E-state index >= 15 is 0 Å². The van der Waals surface area contributed by atoms with Crippen molar-refractivity contribution in [1.29, 1.82) is 0 Å². The van der Waals surface area contributed by atoms with Crippen LogP contribution in [0.3, 0.4) is 0 Å². The summed E-state index contributed by atoms with van der Waals surface area (Å²) in [6.45, 7) is 2.07. The Morgan fingerprint density at radius 2 is 2.05 bits per heavy atom. The molecule has 108 valence electrons. The first kappa shape index (κ1) is 13.2. The van der Waals surface area contributed by atoms with Gasteiger partial charge < -0.3 is 19.5 Å². The normalized spacial score (nSPS) is 17.1. The summed E-state index contributed by atoms with van der Waals surface area (Å²) in [5.74, 6) is 1.86. The number of nitrogens with one attached hydrogen (secondary N) is 1. The Bertz CT molecular complexity index is 582. The summed E-state index contributed by atoms with van der Waals surface area (Å²) in [5.41, 5.74) is 0.937. The van der Waals surface area contributed by atoms with Gasteiger partial charge in [0.15, 0.2) is 11.5 Å². The molecule has 20 heavy (non-hydrogen) atoms. The molecule has 1 saturated heterocycles. The molecule has 6 nitrogen and oxygen atoms in total. The standard InChI is InChI=1S/C14H22N6/c1-15-12-10-20-9-6-16-13(20)14(17-12)19-7-4-11(5-8-19)18(2)3/h6,9-11,15H,4-5,7-8H2,1-3H3. The molecule has 0 spiro atoms. The lowest BCUT2D eigenvalue weighted by Gasteiger charge is -2.35. The first-order valence-electron chi connectivity index (χ1n) is 7.12. The molecule has 1 aliphatic rings. The predicted octanol–water partition coefficient (Wildman–Crippen LogP) is 1.30. The van der Waals surface area contributed by atoms with Crippen LogP contribution in [-0.4, -0.2) is 59.5 Å². The van der Waals surface area contributed by atoms with Crippen LogP contribution in [0.1, 0.15) is 12.8 Å². The van der Waals surface area contributed by atoms with Crippen LogP contribution in [-0.2, 0) is 0 Å². The van der Waals surface area contributed by atoms with Gasteiger partial charge in [-0.1, -0.05) is 0 Å². The summed E-state index contributed by atoms with van der Waals surface area (Å²) in [6, 6.07) is 0.675. The van der Waals surface area contributed by atoms with E-state index in [-0.39, 0.29) is 0 Å². The van der Waals surface area contributed by atoms with Gasteiger partial charge in [0.2, 0.25) is 0 Å². The summed E-state index contributed by atoms with van der Waals surface area (Å²) in [5, 5.41) is 3.12. The zero-order valence-corrected chi connectivity index (χ0v) is 12.4. The third kappa shape index (κ3) is 2.31. The van der Waals surface area contributed by atoms with E-state index in [1.807, 2.05) is 30.0 Å². The van der Waals surface area contributed by atoms with Gasteiger partial charge in [-0.2, -0.15) is 0 Å². The van der Waals surface area contributed by atoms with Crippen molar-refractivity contribution < 1.29 is 0 Å². The van der Waals surface area contributed by atoms with Crippen LogP contribution in [0.4, 0.5) is 11.6 Å². The van der Waals surface area contributed by atoms with Crippen molar-refractivity contribution >= 4 is 17.3 Å². The monoisotopic (exact) mass is 274 g/mol. The molecule has 0 radical (unpaired) electrons. The first-order chi connectivity index (χ1) is 9.69. The molecule has 0 atom stereocenters. The van der Waals surface area contributed by atoms with Crippen LogP contribution < -0.4 is 10.2 Å². The van der Waals surface area contributed by atoms with Crippen LogP contribution in [0.5, 0.6) is 0 Å². The molecule has 0 unspecified atom stereocenters. The summed E-state index contributed by atoms with van der Waals surface area (Å²) in [6.07, 6.45) is 8.11. The average molecular weight is 274 g/mol. The number of imidazole rings is 1. The maximum absolute atomic E-state index is 4.70. The number of aromatic nitrogens is 3. The summed E-state index contributed by atoms with van der Waals surface area (Å²) in [4.78, 5) is 13.8. The van der Waals surface area contributed by atoms with Crippen molar-refractivity contribution in [3.05, 3.63) is 18.6 Å². The second kappa shape index (κ2) is 5.28. The lowest BCUT2D eigenvalue weighted by molar-refractivity contribution is 0.249. The van der Waals surface area contributed by atoms with Gasteiger partial charge in [-0.3, -0.25) is 0 Å². The Morgan fingerprint density at radius 3 is 2.70 bits per heavy atom. The molecule has 1 fully saturated rings. The van der Waals surface area contributed by atoms with Crippen LogP contribution in [0.15, 0.2) is 18.6 Å². The van der Waals surface area contributed by atoms with E-state index in [0.717, 1.165) is 30.4 Å². The highest BCUT2D eigenvalue weighted by molar-refractivity contribution is 5.67. The van der Waals surface area contributed by atoms with E-state index in [1.54, 1.807) is 0 Å². The second-order valence-corrected chi connectivity index (χ2v) is 5.54. The predicted molar refractivity (Wildman–Crippen MR) is 81.5 cm³/mol. The van der Waals surface area contributed by atoms with Crippen molar-refractivity contribution in [1.82, 2.24) is 19.3 Å². The number of piperidine rings is 1. The Hall–Kier alpha value is -1.82. The SMILES string of the molecule is CNc1cn2ccnc2c(N2CCC(N(C)C)CC2)n1. The van der Waals surface area contributed by atoms with E-state index in [9.17, 15) is 0 Å². The summed E-state index contributed by atoms with van der Waals surface area (Å²) in [7, 11) is 6.22. The Labute approximate surface area is 119 Å². The highest BCUT2D eigenvalue weighted by atomic mass is 15.3. The maximum Gasteiger partial charge on any atom is 0.180 e. The van der Waals surface area contributed by atoms with Crippen molar-refractivity contribution in [2.75, 3.05) is 44.4 Å². The fourth-order valence-electron chi connectivity index (χ4n) is 2.84. The fraction of sp³-hybridized carbons (Fsp3) is 0.571. The molecule has 0 aromatic carbocycles. The van der Waals surface area contributed by atoms with Crippen LogP contribution in [0.25, 0.3) is 5.65 Å². The summed E-state index contributed by atoms with van der Waals surface area (Å²) < 4.78 is 2.03. The Morgan fingerprint density at radius 1 is 1.30 bits per heavy atom. The van der Waals surface area contributed by atoms with Crippen molar-refractivity contribution in [3.8, 4) is 0 Å². The molecule has 0 saturated carbocycles. The molecule has 2 aromatic rings. The second-order valence-electron chi connectivity index (χ2n) is 5.54. The largest absolute Gasteiger partial charge is 0.372 e. The van der Waals surface area contributed by atoms with Gasteiger partial charge >= 0.3 is 0 Å². The first-order valence-corrected chi connectivity index (χ1v) is 7.12. The molecule has 6 heteroatoms. The van der Waals surface area contributed by atoms with E-state index in [0.29, 0.717) is 6.04 Å². The van der Waals surface area contributed by atoms with Crippen LogP contribution in [0.2, 0.25) is 0 Å². The van der Waals surface area contributed by atoms with Crippen LogP contribution >= 0.6 is 0 Å². The lowest BCUT2D eigenvalue weighted by atomic mass is 10.0. The van der Waals surface area contributed by atoms with Gasteiger partial charge in [0.25, 0.3) is 0 Å². The van der Waals surface area contributed by atoms with Crippen molar-refractivity contribution in [2.45, 2.75) is 18.9 Å². The van der Waals surface area contributed by atoms with Crippen LogP contribution in [0, 0.1) is 0 Å². The average Bonchev–Trinajstić information content (AvgIpc) is 2.94. The van der Waals surface area contributed by atoms with E-state index in [1.165, 1.54) is 12.8 Å². The number of anilines is 2. The number of hydrogen-bond donors (Lipinski definition) is 1. The Kier molecular flexibility index (Phi) is 3.48. The van der Waals surface area contributed by atoms with Gasteiger partial charge in [0, 0.05) is 38.6 Å². The van der Waals surface area contributed by atoms with Gasteiger partial charge in [-0.15, -0.1) is 0 Å². The third-order valence-electron chi connectivity index (χ3n) is 4.11. The van der Waals surface area contributed by atoms with Gasteiger partial charge in [0.1, 0.15) is 5.82 Å². The molecular weight excluding hydrogens is 252 g/mol. The zero-order chi connectivity index (χ0) is 14.1. The van der Waals surface area contributed by atoms with Crippen molar-refractivity contribution in [3.63, 3.8) is 0 Å².